The Kier molecular flexibility index (Phi) is 21.7. The maximum absolute atomic E-state index is 13.8. The standard InChI is InChI=1S/C61H82N10O8/c1-12-13-24-65(8)25-15-14-20-53(74)50-28-44(36-66(50)9)31-57(78)60-63-46(38-70(60)41(4)5)33-49(73)19-17-22-55(76)52-29-45(37-68(52)11)32-58(79)61-64-47(39-71(61)42(6)7)34-48(72)18-16-21-54(75)51-27-43(35-67(51)10)30-56(77)59-62-23-26-69(59)40(2)3/h23,26-29,35-42H,12-22,24-25,30-34H2,1-11H3. The van der Waals surface area contributed by atoms with Gasteiger partial charge in [-0.2, -0.15) is 0 Å². The zero-order valence-corrected chi connectivity index (χ0v) is 48.5. The molecule has 6 rings (SSSR count). The van der Waals surface area contributed by atoms with Crippen molar-refractivity contribution < 1.29 is 38.4 Å². The van der Waals surface area contributed by atoms with Gasteiger partial charge in [0.1, 0.15) is 11.6 Å². The summed E-state index contributed by atoms with van der Waals surface area (Å²) in [5.74, 6) is -0.218. The lowest BCUT2D eigenvalue weighted by Gasteiger charge is -2.15. The average molecular weight is 1080 g/mol. The minimum atomic E-state index is -0.268. The molecule has 0 saturated carbocycles. The van der Waals surface area contributed by atoms with Crippen molar-refractivity contribution in [1.82, 2.24) is 47.3 Å². The zero-order chi connectivity index (χ0) is 57.7. The van der Waals surface area contributed by atoms with Crippen LogP contribution in [0.15, 0.2) is 61.6 Å². The van der Waals surface area contributed by atoms with E-state index in [1.807, 2.05) is 59.4 Å². The molecule has 0 aliphatic rings. The second kappa shape index (κ2) is 28.1. The Morgan fingerprint density at radius 1 is 0.456 bits per heavy atom. The SMILES string of the molecule is CCCCN(C)CCCCC(=O)c1cc(CC(=O)c2nc(CC(=O)CCCC(=O)c3cc(CC(=O)c4nc(CC(=O)CCCC(=O)c5cc(CC(=O)c6nccn6C(C)C)cn5C)cn4C(C)C)cn3C)cn2C(C)C)cn1C. The third-order valence-corrected chi connectivity index (χ3v) is 14.3. The summed E-state index contributed by atoms with van der Waals surface area (Å²) in [6.07, 6.45) is 18.1. The summed E-state index contributed by atoms with van der Waals surface area (Å²) in [5.41, 5.74) is 4.45. The topological polar surface area (TPSA) is 208 Å². The van der Waals surface area contributed by atoms with Gasteiger partial charge < -0.3 is 32.3 Å². The number of nitrogens with zero attached hydrogens (tertiary/aromatic N) is 10. The molecule has 79 heavy (non-hydrogen) atoms. The summed E-state index contributed by atoms with van der Waals surface area (Å²) >= 11 is 0. The Bertz CT molecular complexity index is 3150. The van der Waals surface area contributed by atoms with Crippen LogP contribution in [0, 0.1) is 0 Å². The van der Waals surface area contributed by atoms with Gasteiger partial charge in [-0.3, -0.25) is 38.4 Å². The number of aryl methyl sites for hydroxylation is 3. The molecule has 0 amide bonds. The van der Waals surface area contributed by atoms with E-state index in [1.165, 1.54) is 0 Å². The van der Waals surface area contributed by atoms with Crippen LogP contribution in [0.5, 0.6) is 0 Å². The highest BCUT2D eigenvalue weighted by Crippen LogP contribution is 2.22. The van der Waals surface area contributed by atoms with Gasteiger partial charge in [0, 0.05) is 134 Å². The van der Waals surface area contributed by atoms with Gasteiger partial charge in [0.05, 0.1) is 41.3 Å². The van der Waals surface area contributed by atoms with Crippen molar-refractivity contribution in [2.45, 2.75) is 169 Å². The minimum Gasteiger partial charge on any atom is -0.348 e. The number of aromatic nitrogens is 9. The Hall–Kier alpha value is -7.21. The van der Waals surface area contributed by atoms with E-state index in [-0.39, 0.29) is 134 Å². The fourth-order valence-electron chi connectivity index (χ4n) is 10.1. The molecule has 6 heterocycles. The molecule has 0 aliphatic heterocycles. The number of carbonyl (C=O) groups excluding carboxylic acids is 8. The maximum Gasteiger partial charge on any atom is 0.202 e. The number of hydrogen-bond acceptors (Lipinski definition) is 12. The summed E-state index contributed by atoms with van der Waals surface area (Å²) in [6.45, 7) is 15.9. The molecule has 0 aliphatic carbocycles. The van der Waals surface area contributed by atoms with E-state index in [2.05, 4.69) is 33.8 Å². The molecule has 6 aromatic rings. The molecule has 0 fully saturated rings. The van der Waals surface area contributed by atoms with Crippen molar-refractivity contribution >= 4 is 46.3 Å². The number of imidazole rings is 3. The lowest BCUT2D eigenvalue weighted by molar-refractivity contribution is -0.119. The molecule has 18 nitrogen and oxygen atoms in total. The van der Waals surface area contributed by atoms with Crippen LogP contribution in [-0.4, -0.2) is 114 Å². The normalized spacial score (nSPS) is 11.7. The Balaban J connectivity index is 0.949. The number of ketones is 8. The minimum absolute atomic E-state index is 0.00372. The molecular weight excluding hydrogens is 1000 g/mol. The van der Waals surface area contributed by atoms with Crippen molar-refractivity contribution in [2.24, 2.45) is 21.1 Å². The first-order valence-electron chi connectivity index (χ1n) is 28.1. The van der Waals surface area contributed by atoms with E-state index in [9.17, 15) is 38.4 Å². The van der Waals surface area contributed by atoms with Crippen LogP contribution in [0.25, 0.3) is 0 Å². The van der Waals surface area contributed by atoms with E-state index in [0.29, 0.717) is 64.7 Å². The van der Waals surface area contributed by atoms with Gasteiger partial charge in [-0.05, 0) is 129 Å². The summed E-state index contributed by atoms with van der Waals surface area (Å²) in [6, 6.07) is 5.08. The van der Waals surface area contributed by atoms with Gasteiger partial charge in [0.25, 0.3) is 0 Å². The molecule has 424 valence electrons. The van der Waals surface area contributed by atoms with Crippen molar-refractivity contribution in [3.8, 4) is 0 Å². The number of rotatable bonds is 35. The third-order valence-electron chi connectivity index (χ3n) is 14.3. The fraction of sp³-hybridized carbons (Fsp3) is 0.525. The van der Waals surface area contributed by atoms with E-state index in [1.54, 1.807) is 92.3 Å². The number of hydrogen-bond donors (Lipinski definition) is 0. The summed E-state index contributed by atoms with van der Waals surface area (Å²) in [4.78, 5) is 122. The van der Waals surface area contributed by atoms with Crippen molar-refractivity contribution in [3.63, 3.8) is 0 Å². The molecule has 0 saturated heterocycles. The van der Waals surface area contributed by atoms with Crippen molar-refractivity contribution in [1.29, 1.82) is 0 Å². The van der Waals surface area contributed by atoms with E-state index < -0.39 is 0 Å². The van der Waals surface area contributed by atoms with Crippen LogP contribution in [-0.2, 0) is 62.8 Å². The Labute approximate surface area is 465 Å². The fourth-order valence-corrected chi connectivity index (χ4v) is 10.1. The van der Waals surface area contributed by atoms with Crippen LogP contribution in [0.1, 0.15) is 229 Å². The molecular formula is C61H82N10O8. The second-order valence-electron chi connectivity index (χ2n) is 22.2. The first kappa shape index (κ1) is 61.0. The largest absolute Gasteiger partial charge is 0.348 e. The molecule has 18 heteroatoms. The molecule has 0 bridgehead atoms. The lowest BCUT2D eigenvalue weighted by Crippen LogP contribution is -2.21. The molecule has 0 aromatic carbocycles. The van der Waals surface area contributed by atoms with Crippen LogP contribution < -0.4 is 0 Å². The highest BCUT2D eigenvalue weighted by molar-refractivity contribution is 5.99. The highest BCUT2D eigenvalue weighted by atomic mass is 16.2. The van der Waals surface area contributed by atoms with Gasteiger partial charge in [0.15, 0.2) is 34.8 Å². The highest BCUT2D eigenvalue weighted by Gasteiger charge is 2.25. The van der Waals surface area contributed by atoms with E-state index in [4.69, 9.17) is 0 Å². The zero-order valence-electron chi connectivity index (χ0n) is 48.5. The smallest absolute Gasteiger partial charge is 0.202 e. The Morgan fingerprint density at radius 3 is 1.23 bits per heavy atom. The first-order chi connectivity index (χ1) is 37.5. The summed E-state index contributed by atoms with van der Waals surface area (Å²) in [7, 11) is 7.43. The molecule has 0 N–H and O–H groups in total. The lowest BCUT2D eigenvalue weighted by atomic mass is 10.1. The van der Waals surface area contributed by atoms with Gasteiger partial charge in [0.2, 0.25) is 17.3 Å². The summed E-state index contributed by atoms with van der Waals surface area (Å²) in [5, 5.41) is 0. The number of carbonyl (C=O) groups is 8. The van der Waals surface area contributed by atoms with Gasteiger partial charge in [-0.25, -0.2) is 15.0 Å². The van der Waals surface area contributed by atoms with Gasteiger partial charge in [-0.1, -0.05) is 13.3 Å². The first-order valence-corrected chi connectivity index (χ1v) is 28.1. The van der Waals surface area contributed by atoms with E-state index in [0.717, 1.165) is 44.3 Å². The molecule has 6 aromatic heterocycles. The Morgan fingerprint density at radius 2 is 0.835 bits per heavy atom. The summed E-state index contributed by atoms with van der Waals surface area (Å²) < 4.78 is 10.5. The molecule has 0 unspecified atom stereocenters. The second-order valence-corrected chi connectivity index (χ2v) is 22.2. The molecule has 0 spiro atoms. The molecule has 0 atom stereocenters. The quantitative estimate of drug-likeness (QED) is 0.0269. The van der Waals surface area contributed by atoms with Crippen molar-refractivity contribution in [3.05, 3.63) is 124 Å². The number of Topliss-reactive ketones (excluding diaryl/α,β-unsaturated/α-hetero) is 8. The van der Waals surface area contributed by atoms with Crippen LogP contribution in [0.4, 0.5) is 0 Å². The maximum atomic E-state index is 13.8. The van der Waals surface area contributed by atoms with Crippen molar-refractivity contribution in [2.75, 3.05) is 20.1 Å². The number of unbranched alkanes of at least 4 members (excludes halogenated alkanes) is 2. The third kappa shape index (κ3) is 16.7. The predicted molar refractivity (Wildman–Crippen MR) is 303 cm³/mol. The van der Waals surface area contributed by atoms with Gasteiger partial charge in [-0.15, -0.1) is 0 Å². The van der Waals surface area contributed by atoms with Crippen LogP contribution >= 0.6 is 0 Å². The molecule has 0 radical (unpaired) electrons. The predicted octanol–water partition coefficient (Wildman–Crippen LogP) is 9.73. The van der Waals surface area contributed by atoms with Crippen LogP contribution in [0.3, 0.4) is 0 Å². The average Bonchev–Trinajstić information content (AvgIpc) is 4.34. The van der Waals surface area contributed by atoms with Crippen LogP contribution in [0.2, 0.25) is 0 Å². The monoisotopic (exact) mass is 1080 g/mol. The van der Waals surface area contributed by atoms with E-state index >= 15 is 0 Å². The van der Waals surface area contributed by atoms with Gasteiger partial charge >= 0.3 is 0 Å².